The number of benzene rings is 1. The number of likely N-dealkylation sites (N-methyl/N-ethyl adjacent to an activating group) is 1. The molecule has 0 saturated carbocycles. The van der Waals surface area contributed by atoms with Gasteiger partial charge in [0, 0.05) is 37.0 Å². The number of nitrogens with zero attached hydrogens (tertiary/aromatic N) is 2. The number of hydrogen-bond donors (Lipinski definition) is 0. The molecule has 0 radical (unpaired) electrons. The molecule has 0 fully saturated rings. The molecule has 0 aliphatic heterocycles. The van der Waals surface area contributed by atoms with Crippen LogP contribution in [0.1, 0.15) is 29.9 Å². The number of rotatable bonds is 7. The Kier molecular flexibility index (Phi) is 6.13. The number of carbonyl (C=O) groups is 1. The van der Waals surface area contributed by atoms with Crippen LogP contribution >= 0.6 is 0 Å². The molecular weight excluding hydrogens is 300 g/mol. The van der Waals surface area contributed by atoms with Gasteiger partial charge in [0.05, 0.1) is 0 Å². The molecule has 1 aromatic carbocycles. The van der Waals surface area contributed by atoms with E-state index in [1.54, 1.807) is 23.2 Å². The second-order valence-corrected chi connectivity index (χ2v) is 6.06. The molecule has 0 bridgehead atoms. The van der Waals surface area contributed by atoms with Gasteiger partial charge in [-0.25, -0.2) is 0 Å². The molecule has 2 aromatic rings. The van der Waals surface area contributed by atoms with E-state index in [0.29, 0.717) is 12.2 Å². The molecular formula is C20H24N2O2. The predicted molar refractivity (Wildman–Crippen MR) is 96.2 cm³/mol. The van der Waals surface area contributed by atoms with Gasteiger partial charge in [-0.3, -0.25) is 9.78 Å². The summed E-state index contributed by atoms with van der Waals surface area (Å²) in [5.41, 5.74) is 2.58. The predicted octanol–water partition coefficient (Wildman–Crippen LogP) is 3.74. The minimum Gasteiger partial charge on any atom is -0.489 e. The van der Waals surface area contributed by atoms with E-state index < -0.39 is 0 Å². The normalized spacial score (nSPS) is 11.6. The number of hydrogen-bond acceptors (Lipinski definition) is 3. The lowest BCUT2D eigenvalue weighted by atomic mass is 10.1. The Bertz CT molecular complexity index is 681. The van der Waals surface area contributed by atoms with Gasteiger partial charge in [-0.05, 0) is 55.8 Å². The van der Waals surface area contributed by atoms with Crippen LogP contribution in [-0.2, 0) is 6.42 Å². The van der Waals surface area contributed by atoms with Gasteiger partial charge in [-0.2, -0.15) is 0 Å². The summed E-state index contributed by atoms with van der Waals surface area (Å²) in [6.45, 7) is 8.22. The first-order valence-corrected chi connectivity index (χ1v) is 8.01. The lowest BCUT2D eigenvalue weighted by molar-refractivity contribution is 0.0743. The van der Waals surface area contributed by atoms with Crippen LogP contribution in [0.25, 0.3) is 0 Å². The summed E-state index contributed by atoms with van der Waals surface area (Å²) in [4.78, 5) is 18.7. The highest BCUT2D eigenvalue weighted by Gasteiger charge is 2.18. The van der Waals surface area contributed by atoms with Crippen LogP contribution in [0.5, 0.6) is 5.75 Å². The SMILES string of the molecule is C=C(C)COc1ccc(C(=O)N(C)C(C)Cc2ccccn2)cc1. The van der Waals surface area contributed by atoms with Gasteiger partial charge in [0.2, 0.25) is 0 Å². The van der Waals surface area contributed by atoms with Crippen molar-refractivity contribution in [1.29, 1.82) is 0 Å². The molecule has 0 N–H and O–H groups in total. The van der Waals surface area contributed by atoms with Crippen LogP contribution in [0.15, 0.2) is 60.8 Å². The van der Waals surface area contributed by atoms with Gasteiger partial charge in [0.1, 0.15) is 12.4 Å². The molecule has 4 nitrogen and oxygen atoms in total. The molecule has 126 valence electrons. The Hall–Kier alpha value is -2.62. The fraction of sp³-hybridized carbons (Fsp3) is 0.300. The Labute approximate surface area is 143 Å². The van der Waals surface area contributed by atoms with E-state index in [-0.39, 0.29) is 11.9 Å². The number of ether oxygens (including phenoxy) is 1. The van der Waals surface area contributed by atoms with Crippen molar-refractivity contribution in [3.05, 3.63) is 72.1 Å². The molecule has 1 aromatic heterocycles. The molecule has 2 rings (SSSR count). The van der Waals surface area contributed by atoms with Crippen LogP contribution in [0.3, 0.4) is 0 Å². The number of aromatic nitrogens is 1. The smallest absolute Gasteiger partial charge is 0.253 e. The zero-order valence-corrected chi connectivity index (χ0v) is 14.5. The van der Waals surface area contributed by atoms with E-state index in [2.05, 4.69) is 11.6 Å². The van der Waals surface area contributed by atoms with Crippen LogP contribution < -0.4 is 4.74 Å². The molecule has 1 amide bonds. The first kappa shape index (κ1) is 17.7. The van der Waals surface area contributed by atoms with Gasteiger partial charge in [0.25, 0.3) is 5.91 Å². The standard InChI is InChI=1S/C20H24N2O2/c1-15(2)14-24-19-10-8-17(9-11-19)20(23)22(4)16(3)13-18-7-5-6-12-21-18/h5-12,16H,1,13-14H2,2-4H3. The molecule has 1 atom stereocenters. The van der Waals surface area contributed by atoms with Gasteiger partial charge in [0.15, 0.2) is 0 Å². The maximum absolute atomic E-state index is 12.6. The van der Waals surface area contributed by atoms with Gasteiger partial charge in [-0.15, -0.1) is 0 Å². The molecule has 0 aliphatic carbocycles. The van der Waals surface area contributed by atoms with Gasteiger partial charge in [-0.1, -0.05) is 12.6 Å². The lowest BCUT2D eigenvalue weighted by Gasteiger charge is -2.25. The maximum atomic E-state index is 12.6. The van der Waals surface area contributed by atoms with Crippen LogP contribution in [-0.4, -0.2) is 35.5 Å². The van der Waals surface area contributed by atoms with E-state index in [4.69, 9.17) is 4.74 Å². The second-order valence-electron chi connectivity index (χ2n) is 6.06. The lowest BCUT2D eigenvalue weighted by Crippen LogP contribution is -2.36. The first-order chi connectivity index (χ1) is 11.5. The molecule has 0 saturated heterocycles. The largest absolute Gasteiger partial charge is 0.489 e. The third-order valence-corrected chi connectivity index (χ3v) is 3.80. The van der Waals surface area contributed by atoms with E-state index >= 15 is 0 Å². The third-order valence-electron chi connectivity index (χ3n) is 3.80. The maximum Gasteiger partial charge on any atom is 0.253 e. The van der Waals surface area contributed by atoms with E-state index in [9.17, 15) is 4.79 Å². The van der Waals surface area contributed by atoms with E-state index in [1.165, 1.54) is 0 Å². The highest BCUT2D eigenvalue weighted by Crippen LogP contribution is 2.15. The summed E-state index contributed by atoms with van der Waals surface area (Å²) in [5.74, 6) is 0.726. The van der Waals surface area contributed by atoms with Crippen molar-refractivity contribution in [3.8, 4) is 5.75 Å². The summed E-state index contributed by atoms with van der Waals surface area (Å²) in [7, 11) is 1.82. The highest BCUT2D eigenvalue weighted by atomic mass is 16.5. The molecule has 0 spiro atoms. The van der Waals surface area contributed by atoms with E-state index in [0.717, 1.165) is 23.4 Å². The zero-order chi connectivity index (χ0) is 17.5. The minimum absolute atomic E-state index is 0.00937. The molecule has 0 aliphatic rings. The second kappa shape index (κ2) is 8.29. The fourth-order valence-corrected chi connectivity index (χ4v) is 2.26. The van der Waals surface area contributed by atoms with Gasteiger partial charge < -0.3 is 9.64 Å². The van der Waals surface area contributed by atoms with Crippen LogP contribution in [0, 0.1) is 0 Å². The Morgan fingerprint density at radius 3 is 2.54 bits per heavy atom. The van der Waals surface area contributed by atoms with Crippen molar-refractivity contribution in [1.82, 2.24) is 9.88 Å². The summed E-state index contributed by atoms with van der Waals surface area (Å²) in [6, 6.07) is 13.1. The van der Waals surface area contributed by atoms with Crippen molar-refractivity contribution < 1.29 is 9.53 Å². The average molecular weight is 324 g/mol. The van der Waals surface area contributed by atoms with Gasteiger partial charge >= 0.3 is 0 Å². The molecule has 4 heteroatoms. The number of amides is 1. The Morgan fingerprint density at radius 2 is 1.96 bits per heavy atom. The van der Waals surface area contributed by atoms with Crippen molar-refractivity contribution >= 4 is 5.91 Å². The quantitative estimate of drug-likeness (QED) is 0.729. The van der Waals surface area contributed by atoms with Crippen molar-refractivity contribution in [2.24, 2.45) is 0 Å². The summed E-state index contributed by atoms with van der Waals surface area (Å²) in [5, 5.41) is 0. The van der Waals surface area contributed by atoms with Crippen molar-refractivity contribution in [2.45, 2.75) is 26.3 Å². The molecule has 1 heterocycles. The number of pyridine rings is 1. The topological polar surface area (TPSA) is 42.4 Å². The molecule has 24 heavy (non-hydrogen) atoms. The van der Waals surface area contributed by atoms with Crippen LogP contribution in [0.2, 0.25) is 0 Å². The minimum atomic E-state index is -0.00937. The Morgan fingerprint density at radius 1 is 1.25 bits per heavy atom. The Balaban J connectivity index is 1.98. The van der Waals surface area contributed by atoms with Crippen molar-refractivity contribution in [2.75, 3.05) is 13.7 Å². The average Bonchev–Trinajstić information content (AvgIpc) is 2.60. The van der Waals surface area contributed by atoms with Crippen LogP contribution in [0.4, 0.5) is 0 Å². The molecule has 1 unspecified atom stereocenters. The third kappa shape index (κ3) is 4.95. The van der Waals surface area contributed by atoms with Crippen molar-refractivity contribution in [3.63, 3.8) is 0 Å². The highest BCUT2D eigenvalue weighted by molar-refractivity contribution is 5.94. The monoisotopic (exact) mass is 324 g/mol. The van der Waals surface area contributed by atoms with E-state index in [1.807, 2.05) is 51.2 Å². The first-order valence-electron chi connectivity index (χ1n) is 8.01. The summed E-state index contributed by atoms with van der Waals surface area (Å²) in [6.07, 6.45) is 2.50. The fourth-order valence-electron chi connectivity index (χ4n) is 2.26. The number of carbonyl (C=O) groups excluding carboxylic acids is 1. The zero-order valence-electron chi connectivity index (χ0n) is 14.5. The summed E-state index contributed by atoms with van der Waals surface area (Å²) >= 11 is 0. The summed E-state index contributed by atoms with van der Waals surface area (Å²) < 4.78 is 5.56.